The van der Waals surface area contributed by atoms with E-state index in [1.807, 2.05) is 21.1 Å². The summed E-state index contributed by atoms with van der Waals surface area (Å²) in [6, 6.07) is 0. The predicted molar refractivity (Wildman–Crippen MR) is 355 cm³/mol. The Balaban J connectivity index is 4.15. The summed E-state index contributed by atoms with van der Waals surface area (Å²) < 4.78 is 23.0. The second-order valence-corrected chi connectivity index (χ2v) is 24.1. The van der Waals surface area contributed by atoms with Crippen LogP contribution in [0, 0.1) is 0 Å². The molecule has 0 aromatic carbocycles. The van der Waals surface area contributed by atoms with Crippen LogP contribution in [0.2, 0.25) is 0 Å². The number of aliphatic carboxylic acids is 1. The van der Waals surface area contributed by atoms with Gasteiger partial charge in [0.2, 0.25) is 0 Å². The number of nitrogens with zero attached hydrogens (tertiary/aromatic N) is 1. The molecule has 0 spiro atoms. The average Bonchev–Trinajstić information content (AvgIpc) is 3.46. The topological polar surface area (TPSA) is 108 Å². The second kappa shape index (κ2) is 64.2. The first-order valence-electron chi connectivity index (χ1n) is 34.4. The third-order valence-electron chi connectivity index (χ3n) is 14.9. The van der Waals surface area contributed by atoms with E-state index < -0.39 is 24.3 Å². The zero-order valence-corrected chi connectivity index (χ0v) is 54.6. The number of quaternary nitrogens is 1. The number of allylic oxidation sites excluding steroid dienone is 16. The van der Waals surface area contributed by atoms with E-state index in [1.54, 1.807) is 0 Å². The summed E-state index contributed by atoms with van der Waals surface area (Å²) in [6.07, 6.45) is 85.1. The molecule has 0 aliphatic heterocycles. The number of likely N-dealkylation sites (N-methyl/N-ethyl adjacent to an activating group) is 1. The van der Waals surface area contributed by atoms with Crippen molar-refractivity contribution in [1.82, 2.24) is 0 Å². The number of rotatable bonds is 63. The van der Waals surface area contributed by atoms with E-state index in [4.69, 9.17) is 18.9 Å². The third kappa shape index (κ3) is 65.6. The zero-order chi connectivity index (χ0) is 60.5. The van der Waals surface area contributed by atoms with Gasteiger partial charge >= 0.3 is 17.9 Å². The normalized spacial score (nSPS) is 13.3. The number of carboxylic acid groups (broad SMARTS) is 1. The Morgan fingerprint density at radius 3 is 1.02 bits per heavy atom. The molecule has 0 aliphatic rings. The molecule has 1 N–H and O–H groups in total. The molecular weight excluding hydrogens is 1030 g/mol. The number of carboxylic acids is 1. The Morgan fingerprint density at radius 1 is 0.373 bits per heavy atom. The quantitative estimate of drug-likeness (QED) is 0.0211. The molecule has 0 aromatic rings. The summed E-state index contributed by atoms with van der Waals surface area (Å²) in [5, 5.41) is 9.74. The fourth-order valence-electron chi connectivity index (χ4n) is 9.62. The maximum atomic E-state index is 12.9. The van der Waals surface area contributed by atoms with Crippen LogP contribution >= 0.6 is 0 Å². The second-order valence-electron chi connectivity index (χ2n) is 24.1. The third-order valence-corrected chi connectivity index (χ3v) is 14.9. The van der Waals surface area contributed by atoms with E-state index >= 15 is 0 Å². The highest BCUT2D eigenvalue weighted by Crippen LogP contribution is 2.18. The van der Waals surface area contributed by atoms with Crippen molar-refractivity contribution in [2.75, 3.05) is 47.5 Å². The monoisotopic (exact) mass is 1160 g/mol. The molecule has 0 radical (unpaired) electrons. The van der Waals surface area contributed by atoms with E-state index in [-0.39, 0.29) is 32.2 Å². The van der Waals surface area contributed by atoms with E-state index in [0.29, 0.717) is 23.9 Å². The van der Waals surface area contributed by atoms with Crippen molar-refractivity contribution >= 4 is 17.9 Å². The molecule has 0 heterocycles. The van der Waals surface area contributed by atoms with Gasteiger partial charge in [-0.3, -0.25) is 9.59 Å². The number of carbonyl (C=O) groups is 3. The highest BCUT2D eigenvalue weighted by Gasteiger charge is 2.25. The van der Waals surface area contributed by atoms with Crippen LogP contribution in [-0.4, -0.2) is 87.4 Å². The molecular formula is C74H130NO8+. The first-order chi connectivity index (χ1) is 40.6. The van der Waals surface area contributed by atoms with Gasteiger partial charge in [0.15, 0.2) is 6.10 Å². The van der Waals surface area contributed by atoms with Gasteiger partial charge in [-0.05, 0) is 77.0 Å². The van der Waals surface area contributed by atoms with Crippen molar-refractivity contribution in [3.05, 3.63) is 97.2 Å². The number of ether oxygens (including phenoxy) is 4. The standard InChI is InChI=1S/C74H129NO8/c1-6-8-10-12-14-16-18-20-22-24-26-28-30-31-32-33-34-35-36-37-38-39-40-41-43-45-47-49-51-53-55-57-59-61-63-65-72(77)83-70(69-82-74(73(78)79)80-67-66-75(3,4)5)68-81-71(76)64-62-60-58-56-54-52-50-48-46-44-42-29-27-25-23-21-19-17-15-13-11-9-7-2/h8,10,14,16,20,22,26,28,31-32,34-35,37-38,40-41,70,74H,6-7,9,11-13,15,17-19,21,23-25,27,29-30,33,36,39,42-69H2,1-5H3/p+1/b10-8-,16-14-,22-20-,28-26-,32-31-,35-34-,38-37-,41-40-. The molecule has 9 nitrogen and oxygen atoms in total. The van der Waals surface area contributed by atoms with E-state index in [1.165, 1.54) is 167 Å². The minimum atomic E-state index is -1.52. The maximum Gasteiger partial charge on any atom is 0.361 e. The lowest BCUT2D eigenvalue weighted by atomic mass is 10.0. The maximum absolute atomic E-state index is 12.9. The summed E-state index contributed by atoms with van der Waals surface area (Å²) in [5.74, 6) is -2.00. The fraction of sp³-hybridized carbons (Fsp3) is 0.743. The number of carbonyl (C=O) groups excluding carboxylic acids is 2. The molecule has 0 saturated heterocycles. The van der Waals surface area contributed by atoms with Crippen LogP contribution in [0.1, 0.15) is 296 Å². The SMILES string of the molecule is CC/C=C\C/C=C\C/C=C\C/C=C\C/C=C\C/C=C\C/C=C\C/C=C\CCCCCCCCCCCCC(=O)OC(COC(=O)CCCCCCCCCCCCCCCCCCCCCCCCC)COC(OCC[N+](C)(C)C)C(=O)O. The Labute approximate surface area is 512 Å². The average molecular weight is 1160 g/mol. The minimum Gasteiger partial charge on any atom is -0.477 e. The number of esters is 2. The summed E-state index contributed by atoms with van der Waals surface area (Å²) in [5.41, 5.74) is 0. The molecule has 0 rings (SSSR count). The van der Waals surface area contributed by atoms with Crippen molar-refractivity contribution in [3.63, 3.8) is 0 Å². The van der Waals surface area contributed by atoms with Crippen LogP contribution < -0.4 is 0 Å². The van der Waals surface area contributed by atoms with Crippen LogP contribution in [0.4, 0.5) is 0 Å². The van der Waals surface area contributed by atoms with Gasteiger partial charge in [-0.15, -0.1) is 0 Å². The smallest absolute Gasteiger partial charge is 0.361 e. The van der Waals surface area contributed by atoms with Crippen LogP contribution in [0.15, 0.2) is 97.2 Å². The van der Waals surface area contributed by atoms with Gasteiger partial charge in [-0.2, -0.15) is 0 Å². The zero-order valence-electron chi connectivity index (χ0n) is 54.6. The predicted octanol–water partition coefficient (Wildman–Crippen LogP) is 21.2. The van der Waals surface area contributed by atoms with Crippen LogP contribution in [-0.2, 0) is 33.3 Å². The van der Waals surface area contributed by atoms with Gasteiger partial charge in [0, 0.05) is 12.8 Å². The van der Waals surface area contributed by atoms with Crippen molar-refractivity contribution in [3.8, 4) is 0 Å². The summed E-state index contributed by atoms with van der Waals surface area (Å²) >= 11 is 0. The Bertz CT molecular complexity index is 1680. The summed E-state index contributed by atoms with van der Waals surface area (Å²) in [6.45, 7) is 4.79. The van der Waals surface area contributed by atoms with Crippen molar-refractivity contribution in [2.45, 2.75) is 309 Å². The van der Waals surface area contributed by atoms with E-state index in [0.717, 1.165) is 96.3 Å². The molecule has 0 saturated carbocycles. The molecule has 0 aliphatic carbocycles. The van der Waals surface area contributed by atoms with Gasteiger partial charge in [0.05, 0.1) is 34.4 Å². The largest absolute Gasteiger partial charge is 0.477 e. The lowest BCUT2D eigenvalue weighted by molar-refractivity contribution is -0.870. The highest BCUT2D eigenvalue weighted by atomic mass is 16.7. The highest BCUT2D eigenvalue weighted by molar-refractivity contribution is 5.71. The lowest BCUT2D eigenvalue weighted by Gasteiger charge is -2.25. The molecule has 0 fully saturated rings. The van der Waals surface area contributed by atoms with E-state index in [2.05, 4.69) is 111 Å². The molecule has 83 heavy (non-hydrogen) atoms. The van der Waals surface area contributed by atoms with Gasteiger partial charge < -0.3 is 28.5 Å². The lowest BCUT2D eigenvalue weighted by Crippen LogP contribution is -2.40. The number of hydrogen-bond acceptors (Lipinski definition) is 7. The Kier molecular flexibility index (Phi) is 61.3. The number of unbranched alkanes of at least 4 members (excludes halogenated alkanes) is 32. The van der Waals surface area contributed by atoms with Gasteiger partial charge in [0.25, 0.3) is 6.29 Å². The Hall–Kier alpha value is -3.79. The molecule has 9 heteroatoms. The summed E-state index contributed by atoms with van der Waals surface area (Å²) in [4.78, 5) is 37.6. The molecule has 2 atom stereocenters. The van der Waals surface area contributed by atoms with Crippen LogP contribution in [0.5, 0.6) is 0 Å². The fourth-order valence-corrected chi connectivity index (χ4v) is 9.62. The van der Waals surface area contributed by atoms with Crippen LogP contribution in [0.25, 0.3) is 0 Å². The first kappa shape index (κ1) is 79.2. The minimum absolute atomic E-state index is 0.184. The van der Waals surface area contributed by atoms with Gasteiger partial charge in [-0.1, -0.05) is 304 Å². The number of hydrogen-bond donors (Lipinski definition) is 1. The summed E-state index contributed by atoms with van der Waals surface area (Å²) in [7, 11) is 5.98. The molecule has 0 aromatic heterocycles. The molecule has 2 unspecified atom stereocenters. The molecule has 0 amide bonds. The van der Waals surface area contributed by atoms with Crippen molar-refractivity contribution in [2.24, 2.45) is 0 Å². The van der Waals surface area contributed by atoms with Crippen molar-refractivity contribution in [1.29, 1.82) is 0 Å². The molecule has 478 valence electrons. The Morgan fingerprint density at radius 2 is 0.687 bits per heavy atom. The van der Waals surface area contributed by atoms with Gasteiger partial charge in [-0.25, -0.2) is 4.79 Å². The van der Waals surface area contributed by atoms with E-state index in [9.17, 15) is 19.5 Å². The molecule has 0 bridgehead atoms. The van der Waals surface area contributed by atoms with Crippen molar-refractivity contribution < 1.29 is 42.9 Å². The van der Waals surface area contributed by atoms with Crippen LogP contribution in [0.3, 0.4) is 0 Å². The van der Waals surface area contributed by atoms with Gasteiger partial charge in [0.1, 0.15) is 13.2 Å². The first-order valence-corrected chi connectivity index (χ1v) is 34.4.